The van der Waals surface area contributed by atoms with E-state index < -0.39 is 0 Å². The van der Waals surface area contributed by atoms with Crippen molar-refractivity contribution in [2.24, 2.45) is 0 Å². The first kappa shape index (κ1) is 48.2. The molecule has 2 aromatic heterocycles. The highest BCUT2D eigenvalue weighted by Crippen LogP contribution is 2.52. The Hall–Kier alpha value is -11.3. The van der Waals surface area contributed by atoms with Crippen molar-refractivity contribution in [1.82, 2.24) is 0 Å². The van der Waals surface area contributed by atoms with Crippen molar-refractivity contribution in [3.8, 4) is 77.9 Å². The molecule has 0 atom stereocenters. The van der Waals surface area contributed by atoms with Gasteiger partial charge in [0.25, 0.3) is 0 Å². The Kier molecular flexibility index (Phi) is 10.7. The van der Waals surface area contributed by atoms with Crippen LogP contribution in [-0.4, -0.2) is 0 Å². The minimum absolute atomic E-state index is 0.873. The minimum Gasteiger partial charge on any atom is -0.455 e. The zero-order valence-corrected chi connectivity index (χ0v) is 46.7. The Labute approximate surface area is 495 Å². The highest BCUT2D eigenvalue weighted by atomic mass is 16.3. The number of furan rings is 2. The highest BCUT2D eigenvalue weighted by molar-refractivity contribution is 6.29. The van der Waals surface area contributed by atoms with Gasteiger partial charge in [0.05, 0.1) is 0 Å². The first-order valence-corrected chi connectivity index (χ1v) is 29.6. The fourth-order valence-corrected chi connectivity index (χ4v) is 14.6. The number of fused-ring (bicyclic) bond motifs is 12. The summed E-state index contributed by atoms with van der Waals surface area (Å²) in [6.07, 6.45) is 0. The highest BCUT2D eigenvalue weighted by Gasteiger charge is 2.25. The summed E-state index contributed by atoms with van der Waals surface area (Å²) >= 11 is 0. The van der Waals surface area contributed by atoms with Crippen molar-refractivity contribution < 1.29 is 8.83 Å². The third-order valence-electron chi connectivity index (χ3n) is 18.3. The third-order valence-corrected chi connectivity index (χ3v) is 18.3. The fraction of sp³-hybridized carbons (Fsp3) is 0. The van der Waals surface area contributed by atoms with Gasteiger partial charge in [0, 0.05) is 32.7 Å². The largest absolute Gasteiger partial charge is 0.455 e. The number of benzene rings is 16. The molecular formula is C84H50O2. The maximum absolute atomic E-state index is 7.09. The van der Waals surface area contributed by atoms with Crippen molar-refractivity contribution in [2.75, 3.05) is 0 Å². The summed E-state index contributed by atoms with van der Waals surface area (Å²) < 4.78 is 14.0. The van der Waals surface area contributed by atoms with Gasteiger partial charge in [-0.1, -0.05) is 285 Å². The fourth-order valence-electron chi connectivity index (χ4n) is 14.6. The molecule has 0 aliphatic rings. The SMILES string of the molecule is c1ccc(-c2c3ccccc3c(-c3ccc(-c4ccc(-c5ccc(-c6c7ccccc7c(-c7cccc8oc9c(-c%10cccc%11ccccc%10%11)cccc9c78)c7ccccc67)cc5)c5ccccc45)c4oc5ccccc5c34)c3ccccc23)cc1. The van der Waals surface area contributed by atoms with E-state index in [1.54, 1.807) is 0 Å². The van der Waals surface area contributed by atoms with Crippen LogP contribution in [0.2, 0.25) is 0 Å². The number of hydrogen-bond acceptors (Lipinski definition) is 2. The van der Waals surface area contributed by atoms with Gasteiger partial charge in [-0.15, -0.1) is 0 Å². The van der Waals surface area contributed by atoms with Gasteiger partial charge in [0.2, 0.25) is 0 Å². The van der Waals surface area contributed by atoms with Gasteiger partial charge in [-0.05, 0) is 150 Å². The monoisotopic (exact) mass is 1090 g/mol. The molecule has 0 aliphatic heterocycles. The van der Waals surface area contributed by atoms with Crippen LogP contribution in [0.5, 0.6) is 0 Å². The molecule has 2 heterocycles. The zero-order valence-electron chi connectivity index (χ0n) is 46.7. The molecule has 398 valence electrons. The Morgan fingerprint density at radius 3 is 1.16 bits per heavy atom. The van der Waals surface area contributed by atoms with Crippen LogP contribution in [0.4, 0.5) is 0 Å². The lowest BCUT2D eigenvalue weighted by atomic mass is 9.84. The second kappa shape index (κ2) is 19.1. The van der Waals surface area contributed by atoms with E-state index in [1.165, 1.54) is 109 Å². The average molecular weight is 1090 g/mol. The molecule has 0 aliphatic carbocycles. The summed E-state index contributed by atoms with van der Waals surface area (Å²) in [7, 11) is 0. The molecule has 18 rings (SSSR count). The number of rotatable bonds is 7. The minimum atomic E-state index is 0.873. The van der Waals surface area contributed by atoms with Gasteiger partial charge in [-0.2, -0.15) is 0 Å². The molecular weight excluding hydrogens is 1040 g/mol. The lowest BCUT2D eigenvalue weighted by molar-refractivity contribution is 0.670. The summed E-state index contributed by atoms with van der Waals surface area (Å²) in [5.74, 6) is 0. The second-order valence-corrected chi connectivity index (χ2v) is 22.8. The standard InChI is InChI=1S/C84H50O2/c1-2-22-53(23-3-1)77-61-28-8-14-34-67(61)80(68-35-15-9-29-62(68)77)73-50-49-70(84-82(73)71-36-16-17-41-75(71)85-84)60-48-47-56(57-26-6-7-27-59(57)60)52-43-45-54(46-44-52)78-63-30-10-12-32-65(63)79(66-33-13-11-31-64(66)78)72-39-20-42-76-81(72)74-40-19-38-69(83(74)86-76)58-37-18-24-51-21-4-5-25-55(51)58/h1-50H. The van der Waals surface area contributed by atoms with E-state index in [4.69, 9.17) is 8.83 Å². The Morgan fingerprint density at radius 1 is 0.163 bits per heavy atom. The smallest absolute Gasteiger partial charge is 0.143 e. The normalized spacial score (nSPS) is 12.0. The van der Waals surface area contributed by atoms with Crippen LogP contribution >= 0.6 is 0 Å². The summed E-state index contributed by atoms with van der Waals surface area (Å²) in [6.45, 7) is 0. The van der Waals surface area contributed by atoms with E-state index >= 15 is 0 Å². The van der Waals surface area contributed by atoms with Crippen molar-refractivity contribution in [2.45, 2.75) is 0 Å². The molecule has 18 aromatic rings. The van der Waals surface area contributed by atoms with Gasteiger partial charge in [0.1, 0.15) is 22.3 Å². The molecule has 0 saturated carbocycles. The molecule has 0 amide bonds. The maximum Gasteiger partial charge on any atom is 0.143 e. The van der Waals surface area contributed by atoms with Crippen molar-refractivity contribution in [3.63, 3.8) is 0 Å². The predicted octanol–water partition coefficient (Wildman–Crippen LogP) is 24.1. The van der Waals surface area contributed by atoms with E-state index in [9.17, 15) is 0 Å². The maximum atomic E-state index is 7.09. The molecule has 2 heteroatoms. The van der Waals surface area contributed by atoms with E-state index in [0.717, 1.165) is 77.3 Å². The molecule has 0 spiro atoms. The number of para-hydroxylation sites is 2. The van der Waals surface area contributed by atoms with Crippen molar-refractivity contribution in [1.29, 1.82) is 0 Å². The predicted molar refractivity (Wildman–Crippen MR) is 364 cm³/mol. The third kappa shape index (κ3) is 7.20. The second-order valence-electron chi connectivity index (χ2n) is 22.8. The van der Waals surface area contributed by atoms with Crippen molar-refractivity contribution in [3.05, 3.63) is 303 Å². The lowest BCUT2D eigenvalue weighted by Crippen LogP contribution is -1.92. The van der Waals surface area contributed by atoms with Gasteiger partial charge >= 0.3 is 0 Å². The van der Waals surface area contributed by atoms with Gasteiger partial charge in [0.15, 0.2) is 0 Å². The van der Waals surface area contributed by atoms with Crippen LogP contribution < -0.4 is 0 Å². The lowest BCUT2D eigenvalue weighted by Gasteiger charge is -2.19. The molecule has 0 saturated heterocycles. The van der Waals surface area contributed by atoms with Crippen LogP contribution in [0.3, 0.4) is 0 Å². The molecule has 2 nitrogen and oxygen atoms in total. The van der Waals surface area contributed by atoms with E-state index in [0.29, 0.717) is 0 Å². The molecule has 0 unspecified atom stereocenters. The topological polar surface area (TPSA) is 26.3 Å². The van der Waals surface area contributed by atoms with Gasteiger partial charge < -0.3 is 8.83 Å². The quantitative estimate of drug-likeness (QED) is 0.149. The van der Waals surface area contributed by atoms with Crippen LogP contribution in [0.15, 0.2) is 312 Å². The Morgan fingerprint density at radius 2 is 0.523 bits per heavy atom. The van der Waals surface area contributed by atoms with Crippen molar-refractivity contribution >= 4 is 109 Å². The average Bonchev–Trinajstić information content (AvgIpc) is 1.43. The first-order chi connectivity index (χ1) is 42.7. The zero-order chi connectivity index (χ0) is 56.4. The molecule has 0 N–H and O–H groups in total. The van der Waals surface area contributed by atoms with Gasteiger partial charge in [-0.3, -0.25) is 0 Å². The molecule has 16 aromatic carbocycles. The Balaban J connectivity index is 0.769. The molecule has 86 heavy (non-hydrogen) atoms. The summed E-state index contributed by atoms with van der Waals surface area (Å²) in [5.41, 5.74) is 19.9. The Bertz CT molecular complexity index is 5700. The van der Waals surface area contributed by atoms with Crippen LogP contribution in [0.1, 0.15) is 0 Å². The first-order valence-electron chi connectivity index (χ1n) is 29.6. The van der Waals surface area contributed by atoms with E-state index in [-0.39, 0.29) is 0 Å². The van der Waals surface area contributed by atoms with E-state index in [1.807, 2.05) is 0 Å². The van der Waals surface area contributed by atoms with Crippen LogP contribution in [0, 0.1) is 0 Å². The summed E-state index contributed by atoms with van der Waals surface area (Å²) in [5, 5.41) is 18.9. The van der Waals surface area contributed by atoms with Crippen LogP contribution in [-0.2, 0) is 0 Å². The van der Waals surface area contributed by atoms with Gasteiger partial charge in [-0.25, -0.2) is 0 Å². The molecule has 0 radical (unpaired) electrons. The molecule has 0 fully saturated rings. The number of hydrogen-bond donors (Lipinski definition) is 0. The molecule has 0 bridgehead atoms. The summed E-state index contributed by atoms with van der Waals surface area (Å²) in [6, 6.07) is 111. The van der Waals surface area contributed by atoms with Crippen LogP contribution in [0.25, 0.3) is 186 Å². The summed E-state index contributed by atoms with van der Waals surface area (Å²) in [4.78, 5) is 0. The van der Waals surface area contributed by atoms with E-state index in [2.05, 4.69) is 303 Å².